The van der Waals surface area contributed by atoms with E-state index in [1.54, 1.807) is 18.2 Å². The number of hydrogen-bond acceptors (Lipinski definition) is 6. The van der Waals surface area contributed by atoms with Gasteiger partial charge in [-0.1, -0.05) is 0 Å². The van der Waals surface area contributed by atoms with E-state index in [0.717, 1.165) is 12.3 Å². The first-order valence-corrected chi connectivity index (χ1v) is 11.5. The summed E-state index contributed by atoms with van der Waals surface area (Å²) in [4.78, 5) is 30.6. The number of carbonyl (C=O) groups is 2. The monoisotopic (exact) mass is 494 g/mol. The van der Waals surface area contributed by atoms with Crippen LogP contribution in [0.5, 0.6) is 11.5 Å². The summed E-state index contributed by atoms with van der Waals surface area (Å²) in [6.45, 7) is 5.47. The number of nitrogens with one attached hydrogen (secondary N) is 2. The Hall–Kier alpha value is -3.50. The first kappa shape index (κ1) is 26.1. The highest BCUT2D eigenvalue weighted by atomic mass is 19.4. The van der Waals surface area contributed by atoms with Gasteiger partial charge in [-0.15, -0.1) is 0 Å². The van der Waals surface area contributed by atoms with Crippen LogP contribution in [0.2, 0.25) is 0 Å². The number of rotatable bonds is 9. The Kier molecular flexibility index (Phi) is 8.78. The van der Waals surface area contributed by atoms with E-state index in [-0.39, 0.29) is 18.5 Å². The largest absolute Gasteiger partial charge is 0.490 e. The second-order valence-electron chi connectivity index (χ2n) is 7.94. The number of carbonyl (C=O) groups excluding carboxylic acids is 2. The lowest BCUT2D eigenvalue weighted by Gasteiger charge is -2.33. The average molecular weight is 495 g/mol. The second-order valence-corrected chi connectivity index (χ2v) is 7.94. The molecule has 190 valence electrons. The molecule has 1 fully saturated rings. The van der Waals surface area contributed by atoms with Crippen molar-refractivity contribution in [2.24, 2.45) is 0 Å². The minimum Gasteiger partial charge on any atom is -0.490 e. The highest BCUT2D eigenvalue weighted by Crippen LogP contribution is 2.30. The number of halogens is 3. The molecular weight excluding hydrogens is 465 g/mol. The molecule has 0 unspecified atom stereocenters. The number of piperidine rings is 1. The maximum Gasteiger partial charge on any atom is 0.417 e. The molecule has 0 radical (unpaired) electrons. The average Bonchev–Trinajstić information content (AvgIpc) is 2.84. The number of benzene rings is 1. The molecule has 1 aromatic heterocycles. The molecule has 1 aliphatic rings. The summed E-state index contributed by atoms with van der Waals surface area (Å²) < 4.78 is 49.1. The van der Waals surface area contributed by atoms with E-state index in [4.69, 9.17) is 9.47 Å². The highest BCUT2D eigenvalue weighted by Gasteiger charge is 2.31. The number of ether oxygens (including phenoxy) is 2. The fourth-order valence-corrected chi connectivity index (χ4v) is 3.73. The number of hydrogen-bond donors (Lipinski definition) is 2. The third-order valence-corrected chi connectivity index (χ3v) is 5.47. The van der Waals surface area contributed by atoms with Crippen molar-refractivity contribution in [2.45, 2.75) is 38.9 Å². The second kappa shape index (κ2) is 11.8. The molecule has 8 nitrogen and oxygen atoms in total. The van der Waals surface area contributed by atoms with E-state index < -0.39 is 17.6 Å². The summed E-state index contributed by atoms with van der Waals surface area (Å²) in [5, 5.41) is 5.49. The Labute approximate surface area is 201 Å². The minimum atomic E-state index is -4.42. The van der Waals surface area contributed by atoms with E-state index in [2.05, 4.69) is 15.6 Å². The van der Waals surface area contributed by atoms with Crippen LogP contribution in [0.4, 0.5) is 19.0 Å². The van der Waals surface area contributed by atoms with Gasteiger partial charge in [-0.05, 0) is 57.0 Å². The van der Waals surface area contributed by atoms with E-state index in [0.29, 0.717) is 62.0 Å². The van der Waals surface area contributed by atoms with Crippen LogP contribution in [0.15, 0.2) is 36.5 Å². The molecule has 2 amide bonds. The van der Waals surface area contributed by atoms with Crippen LogP contribution in [-0.4, -0.2) is 55.7 Å². The van der Waals surface area contributed by atoms with Gasteiger partial charge in [-0.3, -0.25) is 9.59 Å². The summed E-state index contributed by atoms with van der Waals surface area (Å²) >= 11 is 0. The molecule has 2 aromatic rings. The lowest BCUT2D eigenvalue weighted by molar-refractivity contribution is -0.137. The number of nitrogens with zero attached hydrogens (tertiary/aromatic N) is 2. The van der Waals surface area contributed by atoms with Gasteiger partial charge in [0.2, 0.25) is 5.91 Å². The number of amides is 2. The van der Waals surface area contributed by atoms with Crippen molar-refractivity contribution in [3.05, 3.63) is 47.7 Å². The quantitative estimate of drug-likeness (QED) is 0.555. The molecule has 1 aromatic carbocycles. The van der Waals surface area contributed by atoms with Crippen molar-refractivity contribution in [1.82, 2.24) is 15.6 Å². The van der Waals surface area contributed by atoms with E-state index >= 15 is 0 Å². The summed E-state index contributed by atoms with van der Waals surface area (Å²) in [5.74, 6) is 0.742. The van der Waals surface area contributed by atoms with Crippen LogP contribution < -0.4 is 25.0 Å². The molecule has 11 heteroatoms. The van der Waals surface area contributed by atoms with Gasteiger partial charge in [0.05, 0.1) is 25.3 Å². The lowest BCUT2D eigenvalue weighted by Crippen LogP contribution is -2.47. The molecule has 1 aliphatic heterocycles. The Morgan fingerprint density at radius 2 is 1.74 bits per heavy atom. The maximum atomic E-state index is 12.7. The number of pyridine rings is 1. The minimum absolute atomic E-state index is 0.0971. The van der Waals surface area contributed by atoms with Gasteiger partial charge in [0.25, 0.3) is 5.91 Å². The standard InChI is InChI=1S/C24H29F3N4O4/c1-3-34-19-7-5-16(13-20(19)35-4-2)23(33)29-15-22(32)30-18-9-11-31(12-10-18)21-8-6-17(14-28-21)24(25,26)27/h5-8,13-14,18H,3-4,9-12,15H2,1-2H3,(H,29,33)(H,30,32). The number of aromatic nitrogens is 1. The molecule has 0 atom stereocenters. The van der Waals surface area contributed by atoms with Gasteiger partial charge in [0.1, 0.15) is 5.82 Å². The van der Waals surface area contributed by atoms with Gasteiger partial charge in [0, 0.05) is 30.9 Å². The van der Waals surface area contributed by atoms with E-state index in [1.165, 1.54) is 6.07 Å². The Bertz CT molecular complexity index is 1010. The fraction of sp³-hybridized carbons (Fsp3) is 0.458. The normalized spacial score (nSPS) is 14.4. The lowest BCUT2D eigenvalue weighted by atomic mass is 10.0. The molecule has 0 spiro atoms. The van der Waals surface area contributed by atoms with Crippen LogP contribution in [-0.2, 0) is 11.0 Å². The summed E-state index contributed by atoms with van der Waals surface area (Å²) in [6.07, 6.45) is -2.37. The molecule has 0 saturated carbocycles. The third-order valence-electron chi connectivity index (χ3n) is 5.47. The first-order valence-electron chi connectivity index (χ1n) is 11.5. The topological polar surface area (TPSA) is 92.8 Å². The number of anilines is 1. The van der Waals surface area contributed by atoms with Crippen molar-refractivity contribution >= 4 is 17.6 Å². The molecule has 0 bridgehead atoms. The molecule has 2 N–H and O–H groups in total. The smallest absolute Gasteiger partial charge is 0.417 e. The van der Waals surface area contributed by atoms with Crippen molar-refractivity contribution in [2.75, 3.05) is 37.7 Å². The molecule has 2 heterocycles. The predicted octanol–water partition coefficient (Wildman–Crippen LogP) is 3.41. The predicted molar refractivity (Wildman–Crippen MR) is 124 cm³/mol. The molecule has 1 saturated heterocycles. The number of alkyl halides is 3. The Morgan fingerprint density at radius 1 is 1.06 bits per heavy atom. The summed E-state index contributed by atoms with van der Waals surface area (Å²) in [7, 11) is 0. The zero-order chi connectivity index (χ0) is 25.4. The fourth-order valence-electron chi connectivity index (χ4n) is 3.73. The molecule has 3 rings (SSSR count). The van der Waals surface area contributed by atoms with Crippen LogP contribution in [0.25, 0.3) is 0 Å². The Balaban J connectivity index is 1.45. The van der Waals surface area contributed by atoms with Crippen LogP contribution in [0.1, 0.15) is 42.6 Å². The van der Waals surface area contributed by atoms with E-state index in [9.17, 15) is 22.8 Å². The summed E-state index contributed by atoms with van der Waals surface area (Å²) in [6, 6.07) is 7.11. The van der Waals surface area contributed by atoms with Crippen molar-refractivity contribution in [3.8, 4) is 11.5 Å². The Morgan fingerprint density at radius 3 is 2.34 bits per heavy atom. The van der Waals surface area contributed by atoms with E-state index in [1.807, 2.05) is 18.7 Å². The van der Waals surface area contributed by atoms with Crippen molar-refractivity contribution < 1.29 is 32.2 Å². The van der Waals surface area contributed by atoms with Crippen molar-refractivity contribution in [1.29, 1.82) is 0 Å². The van der Waals surface area contributed by atoms with Gasteiger partial charge in [-0.2, -0.15) is 13.2 Å². The van der Waals surface area contributed by atoms with Gasteiger partial charge in [-0.25, -0.2) is 4.98 Å². The van der Waals surface area contributed by atoms with Crippen LogP contribution >= 0.6 is 0 Å². The molecule has 35 heavy (non-hydrogen) atoms. The summed E-state index contributed by atoms with van der Waals surface area (Å²) in [5.41, 5.74) is -0.438. The highest BCUT2D eigenvalue weighted by molar-refractivity contribution is 5.97. The third kappa shape index (κ3) is 7.24. The zero-order valence-electron chi connectivity index (χ0n) is 19.7. The van der Waals surface area contributed by atoms with Crippen molar-refractivity contribution in [3.63, 3.8) is 0 Å². The first-order chi connectivity index (χ1) is 16.7. The van der Waals surface area contributed by atoms with Gasteiger partial charge < -0.3 is 25.0 Å². The van der Waals surface area contributed by atoms with Gasteiger partial charge in [0.15, 0.2) is 11.5 Å². The molecular formula is C24H29F3N4O4. The zero-order valence-corrected chi connectivity index (χ0v) is 19.7. The molecule has 0 aliphatic carbocycles. The van der Waals surface area contributed by atoms with Crippen LogP contribution in [0.3, 0.4) is 0 Å². The van der Waals surface area contributed by atoms with Gasteiger partial charge >= 0.3 is 6.18 Å². The maximum absolute atomic E-state index is 12.7. The van der Waals surface area contributed by atoms with Crippen LogP contribution in [0, 0.1) is 0 Å². The SMILES string of the molecule is CCOc1ccc(C(=O)NCC(=O)NC2CCN(c3ccc(C(F)(F)F)cn3)CC2)cc1OCC.